The van der Waals surface area contributed by atoms with Crippen molar-refractivity contribution in [2.45, 2.75) is 26.3 Å². The van der Waals surface area contributed by atoms with Crippen LogP contribution >= 0.6 is 11.3 Å². The monoisotopic (exact) mass is 369 g/mol. The summed E-state index contributed by atoms with van der Waals surface area (Å²) in [5, 5.41) is 7.33. The standard InChI is InChI=1S/C19H23N5OS/c1-12(2)24-18-15(10-21-24)14(8-16(22-18)17-4-3-7-26-17)19(25)23-6-5-13(9-20)11-23/h3-4,7-8,10,12-13H,5-6,9,11,20H2,1-2H3. The molecule has 1 unspecified atom stereocenters. The van der Waals surface area contributed by atoms with E-state index in [2.05, 4.69) is 18.9 Å². The summed E-state index contributed by atoms with van der Waals surface area (Å²) in [6.07, 6.45) is 2.74. The summed E-state index contributed by atoms with van der Waals surface area (Å²) < 4.78 is 1.88. The molecule has 0 aromatic carbocycles. The van der Waals surface area contributed by atoms with E-state index in [4.69, 9.17) is 10.7 Å². The molecule has 6 nitrogen and oxygen atoms in total. The van der Waals surface area contributed by atoms with Crippen molar-refractivity contribution in [3.8, 4) is 10.6 Å². The van der Waals surface area contributed by atoms with Gasteiger partial charge in [0.2, 0.25) is 0 Å². The van der Waals surface area contributed by atoms with Crippen molar-refractivity contribution in [2.75, 3.05) is 19.6 Å². The summed E-state index contributed by atoms with van der Waals surface area (Å²) in [4.78, 5) is 21.0. The summed E-state index contributed by atoms with van der Waals surface area (Å²) in [5.74, 6) is 0.445. The lowest BCUT2D eigenvalue weighted by Gasteiger charge is -2.17. The van der Waals surface area contributed by atoms with Crippen molar-refractivity contribution in [3.05, 3.63) is 35.3 Å². The minimum absolute atomic E-state index is 0.0504. The number of rotatable bonds is 4. The second kappa shape index (κ2) is 6.81. The maximum absolute atomic E-state index is 13.2. The van der Waals surface area contributed by atoms with E-state index in [9.17, 15) is 4.79 Å². The van der Waals surface area contributed by atoms with Crippen LogP contribution in [0, 0.1) is 5.92 Å². The van der Waals surface area contributed by atoms with Crippen LogP contribution in [0.25, 0.3) is 21.6 Å². The second-order valence-electron chi connectivity index (χ2n) is 7.09. The van der Waals surface area contributed by atoms with Crippen LogP contribution in [0.1, 0.15) is 36.7 Å². The molecule has 1 saturated heterocycles. The van der Waals surface area contributed by atoms with Crippen molar-refractivity contribution >= 4 is 28.3 Å². The highest BCUT2D eigenvalue weighted by molar-refractivity contribution is 7.13. The third kappa shape index (κ3) is 2.91. The Kier molecular flexibility index (Phi) is 4.50. The predicted octanol–water partition coefficient (Wildman–Crippen LogP) is 3.16. The first-order chi connectivity index (χ1) is 12.6. The molecule has 0 saturated carbocycles. The smallest absolute Gasteiger partial charge is 0.254 e. The zero-order valence-corrected chi connectivity index (χ0v) is 15.9. The van der Waals surface area contributed by atoms with E-state index in [1.165, 1.54) is 0 Å². The zero-order valence-electron chi connectivity index (χ0n) is 15.1. The van der Waals surface area contributed by atoms with Gasteiger partial charge in [0.1, 0.15) is 0 Å². The molecule has 1 aliphatic heterocycles. The van der Waals surface area contributed by atoms with Crippen LogP contribution in [-0.4, -0.2) is 45.2 Å². The van der Waals surface area contributed by atoms with Gasteiger partial charge < -0.3 is 10.6 Å². The molecule has 0 aliphatic carbocycles. The van der Waals surface area contributed by atoms with Gasteiger partial charge in [-0.15, -0.1) is 11.3 Å². The Bertz CT molecular complexity index is 931. The molecule has 7 heteroatoms. The third-order valence-corrected chi connectivity index (χ3v) is 5.86. The lowest BCUT2D eigenvalue weighted by atomic mass is 10.1. The molecule has 1 atom stereocenters. The fraction of sp³-hybridized carbons (Fsp3) is 0.421. The number of carbonyl (C=O) groups excluding carboxylic acids is 1. The van der Waals surface area contributed by atoms with Gasteiger partial charge in [0, 0.05) is 19.1 Å². The number of likely N-dealkylation sites (tertiary alicyclic amines) is 1. The molecule has 26 heavy (non-hydrogen) atoms. The van der Waals surface area contributed by atoms with Crippen molar-refractivity contribution in [1.29, 1.82) is 0 Å². The molecule has 136 valence electrons. The largest absolute Gasteiger partial charge is 0.338 e. The van der Waals surface area contributed by atoms with Crippen LogP contribution in [0.15, 0.2) is 29.8 Å². The summed E-state index contributed by atoms with van der Waals surface area (Å²) in [6, 6.07) is 6.12. The lowest BCUT2D eigenvalue weighted by molar-refractivity contribution is 0.0789. The van der Waals surface area contributed by atoms with Crippen molar-refractivity contribution in [2.24, 2.45) is 11.7 Å². The zero-order chi connectivity index (χ0) is 18.3. The van der Waals surface area contributed by atoms with E-state index in [0.29, 0.717) is 18.0 Å². The van der Waals surface area contributed by atoms with Crippen LogP contribution in [0.3, 0.4) is 0 Å². The average Bonchev–Trinajstić information content (AvgIpc) is 3.39. The minimum atomic E-state index is 0.0504. The number of carbonyl (C=O) groups is 1. The number of nitrogens with zero attached hydrogens (tertiary/aromatic N) is 4. The highest BCUT2D eigenvalue weighted by atomic mass is 32.1. The van der Waals surface area contributed by atoms with Gasteiger partial charge in [0.15, 0.2) is 5.65 Å². The number of fused-ring (bicyclic) bond motifs is 1. The molecule has 1 aliphatic rings. The Morgan fingerprint density at radius 1 is 1.46 bits per heavy atom. The first kappa shape index (κ1) is 17.2. The average molecular weight is 369 g/mol. The fourth-order valence-corrected chi connectivity index (χ4v) is 4.19. The SMILES string of the molecule is CC(C)n1ncc2c(C(=O)N3CCC(CN)C3)cc(-c3cccs3)nc21. The summed E-state index contributed by atoms with van der Waals surface area (Å²) in [5.41, 5.74) is 8.07. The number of amides is 1. The van der Waals surface area contributed by atoms with Crippen LogP contribution in [0.2, 0.25) is 0 Å². The quantitative estimate of drug-likeness (QED) is 0.766. The maximum Gasteiger partial charge on any atom is 0.254 e. The Morgan fingerprint density at radius 3 is 2.96 bits per heavy atom. The van der Waals surface area contributed by atoms with E-state index in [1.54, 1.807) is 17.5 Å². The van der Waals surface area contributed by atoms with Gasteiger partial charge in [-0.3, -0.25) is 4.79 Å². The number of pyridine rings is 1. The Balaban J connectivity index is 1.83. The van der Waals surface area contributed by atoms with E-state index >= 15 is 0 Å². The number of aromatic nitrogens is 3. The van der Waals surface area contributed by atoms with Gasteiger partial charge in [0.05, 0.1) is 27.7 Å². The summed E-state index contributed by atoms with van der Waals surface area (Å²) in [7, 11) is 0. The molecular formula is C19H23N5OS. The minimum Gasteiger partial charge on any atom is -0.338 e. The fourth-order valence-electron chi connectivity index (χ4n) is 3.50. The summed E-state index contributed by atoms with van der Waals surface area (Å²) in [6.45, 7) is 6.25. The molecule has 3 aromatic rings. The molecule has 0 bridgehead atoms. The number of nitrogens with two attached hydrogens (primary N) is 1. The molecule has 4 rings (SSSR count). The lowest BCUT2D eigenvalue weighted by Crippen LogP contribution is -2.30. The molecule has 1 amide bonds. The highest BCUT2D eigenvalue weighted by Gasteiger charge is 2.28. The molecule has 4 heterocycles. The molecule has 1 fully saturated rings. The van der Waals surface area contributed by atoms with Crippen LogP contribution in [0.4, 0.5) is 0 Å². The van der Waals surface area contributed by atoms with Crippen LogP contribution in [0.5, 0.6) is 0 Å². The summed E-state index contributed by atoms with van der Waals surface area (Å²) >= 11 is 1.62. The highest BCUT2D eigenvalue weighted by Crippen LogP contribution is 2.30. The predicted molar refractivity (Wildman–Crippen MR) is 104 cm³/mol. The van der Waals surface area contributed by atoms with Gasteiger partial charge in [-0.2, -0.15) is 5.10 Å². The Morgan fingerprint density at radius 2 is 2.31 bits per heavy atom. The van der Waals surface area contributed by atoms with Gasteiger partial charge in [-0.1, -0.05) is 6.07 Å². The second-order valence-corrected chi connectivity index (χ2v) is 8.04. The molecule has 3 aromatic heterocycles. The van der Waals surface area contributed by atoms with Gasteiger partial charge in [0.25, 0.3) is 5.91 Å². The maximum atomic E-state index is 13.2. The first-order valence-corrected chi connectivity index (χ1v) is 9.88. The molecular weight excluding hydrogens is 346 g/mol. The topological polar surface area (TPSA) is 77.0 Å². The van der Waals surface area contributed by atoms with Gasteiger partial charge in [-0.05, 0) is 50.2 Å². The normalized spacial score (nSPS) is 17.5. The van der Waals surface area contributed by atoms with E-state index in [0.717, 1.165) is 41.1 Å². The van der Waals surface area contributed by atoms with Crippen molar-refractivity contribution < 1.29 is 4.79 Å². The number of hydrogen-bond acceptors (Lipinski definition) is 5. The van der Waals surface area contributed by atoms with E-state index in [1.807, 2.05) is 33.2 Å². The third-order valence-electron chi connectivity index (χ3n) is 4.97. The van der Waals surface area contributed by atoms with Crippen molar-refractivity contribution in [3.63, 3.8) is 0 Å². The van der Waals surface area contributed by atoms with E-state index < -0.39 is 0 Å². The molecule has 0 spiro atoms. The van der Waals surface area contributed by atoms with Crippen LogP contribution in [-0.2, 0) is 0 Å². The van der Waals surface area contributed by atoms with E-state index in [-0.39, 0.29) is 11.9 Å². The van der Waals surface area contributed by atoms with Crippen molar-refractivity contribution in [1.82, 2.24) is 19.7 Å². The Labute approximate surface area is 156 Å². The Hall–Kier alpha value is -2.25. The van der Waals surface area contributed by atoms with Crippen LogP contribution < -0.4 is 5.73 Å². The first-order valence-electron chi connectivity index (χ1n) is 9.00. The number of hydrogen-bond donors (Lipinski definition) is 1. The molecule has 0 radical (unpaired) electrons. The van der Waals surface area contributed by atoms with Gasteiger partial charge in [-0.25, -0.2) is 9.67 Å². The van der Waals surface area contributed by atoms with Gasteiger partial charge >= 0.3 is 0 Å². The molecule has 2 N–H and O–H groups in total. The number of thiophene rings is 1.